The van der Waals surface area contributed by atoms with Gasteiger partial charge >= 0.3 is 6.18 Å². The maximum absolute atomic E-state index is 13.5. The van der Waals surface area contributed by atoms with E-state index in [1.165, 1.54) is 13.0 Å². The molecule has 2 fully saturated rings. The molecule has 0 N–H and O–H groups in total. The molecule has 1 saturated carbocycles. The third kappa shape index (κ3) is 5.73. The zero-order valence-corrected chi connectivity index (χ0v) is 22.8. The maximum atomic E-state index is 13.5. The highest BCUT2D eigenvalue weighted by Gasteiger charge is 2.51. The average molecular weight is 593 g/mol. The average Bonchev–Trinajstić information content (AvgIpc) is 3.66. The molecule has 0 atom stereocenters. The first-order valence-electron chi connectivity index (χ1n) is 11.4. The van der Waals surface area contributed by atoms with Crippen LogP contribution in [0.15, 0.2) is 36.4 Å². The Morgan fingerprint density at radius 3 is 2.32 bits per heavy atom. The minimum absolute atomic E-state index is 0.0309. The summed E-state index contributed by atoms with van der Waals surface area (Å²) in [6.07, 6.45) is -2.66. The van der Waals surface area contributed by atoms with Crippen LogP contribution in [0.3, 0.4) is 0 Å². The van der Waals surface area contributed by atoms with Crippen LogP contribution < -0.4 is 14.5 Å². The van der Waals surface area contributed by atoms with E-state index in [9.17, 15) is 18.0 Å². The Kier molecular flexibility index (Phi) is 8.51. The molecule has 0 aromatic heterocycles. The van der Waals surface area contributed by atoms with Gasteiger partial charge in [-0.05, 0) is 86.8 Å². The molecule has 4 rings (SSSR count). The lowest BCUT2D eigenvalue weighted by molar-refractivity contribution is -0.137. The lowest BCUT2D eigenvalue weighted by Crippen LogP contribution is -2.44. The summed E-state index contributed by atoms with van der Waals surface area (Å²) < 4.78 is 46.4. The SMILES string of the molecule is CC#N.CC1(C)C(=O)N(c2ccc(C#N)c(C(F)(F)F)c2)C(=S)N1c1ccc(OCCBr)c(C2CC2)c1. The molecule has 1 heterocycles. The Hall–Kier alpha value is -3.15. The largest absolute Gasteiger partial charge is 0.492 e. The maximum Gasteiger partial charge on any atom is 0.417 e. The summed E-state index contributed by atoms with van der Waals surface area (Å²) in [5.41, 5.74) is -1.09. The van der Waals surface area contributed by atoms with Gasteiger partial charge in [-0.2, -0.15) is 23.7 Å². The molecule has 0 bridgehead atoms. The summed E-state index contributed by atoms with van der Waals surface area (Å²) in [6.45, 7) is 5.31. The van der Waals surface area contributed by atoms with Gasteiger partial charge in [-0.25, -0.2) is 0 Å². The number of alkyl halides is 4. The van der Waals surface area contributed by atoms with Crippen molar-refractivity contribution in [2.24, 2.45) is 0 Å². The summed E-state index contributed by atoms with van der Waals surface area (Å²) in [7, 11) is 0. The zero-order valence-electron chi connectivity index (χ0n) is 20.4. The minimum Gasteiger partial charge on any atom is -0.492 e. The second kappa shape index (κ2) is 11.1. The number of anilines is 2. The number of hydrogen-bond donors (Lipinski definition) is 0. The molecule has 2 aromatic rings. The lowest BCUT2D eigenvalue weighted by atomic mass is 10.0. The van der Waals surface area contributed by atoms with Gasteiger partial charge in [0.1, 0.15) is 11.3 Å². The number of amides is 1. The van der Waals surface area contributed by atoms with Gasteiger partial charge in [0.2, 0.25) is 0 Å². The first kappa shape index (κ1) is 28.4. The van der Waals surface area contributed by atoms with Crippen LogP contribution in [0.1, 0.15) is 56.2 Å². The fourth-order valence-electron chi connectivity index (χ4n) is 4.13. The monoisotopic (exact) mass is 592 g/mol. The molecule has 1 saturated heterocycles. The van der Waals surface area contributed by atoms with Crippen molar-refractivity contribution < 1.29 is 22.7 Å². The van der Waals surface area contributed by atoms with Gasteiger partial charge < -0.3 is 9.64 Å². The van der Waals surface area contributed by atoms with Gasteiger partial charge in [-0.3, -0.25) is 9.69 Å². The molecule has 1 aliphatic carbocycles. The molecular weight excluding hydrogens is 569 g/mol. The third-order valence-electron chi connectivity index (χ3n) is 5.96. The number of rotatable bonds is 6. The predicted octanol–water partition coefficient (Wildman–Crippen LogP) is 6.67. The van der Waals surface area contributed by atoms with Gasteiger partial charge in [0.25, 0.3) is 5.91 Å². The number of carbonyl (C=O) groups is 1. The summed E-state index contributed by atoms with van der Waals surface area (Å²) in [4.78, 5) is 16.2. The Morgan fingerprint density at radius 1 is 1.16 bits per heavy atom. The molecule has 0 radical (unpaired) electrons. The second-order valence-corrected chi connectivity index (χ2v) is 10.1. The van der Waals surface area contributed by atoms with Gasteiger partial charge in [0.15, 0.2) is 5.11 Å². The van der Waals surface area contributed by atoms with Crippen LogP contribution in [0.2, 0.25) is 0 Å². The van der Waals surface area contributed by atoms with Crippen molar-refractivity contribution in [2.75, 3.05) is 21.7 Å². The highest BCUT2D eigenvalue weighted by Crippen LogP contribution is 2.47. The number of carbonyl (C=O) groups excluding carboxylic acids is 1. The quantitative estimate of drug-likeness (QED) is 0.275. The number of hydrogen-bond acceptors (Lipinski definition) is 5. The van der Waals surface area contributed by atoms with Crippen molar-refractivity contribution >= 4 is 50.5 Å². The number of thiocarbonyl (C=S) groups is 1. The molecule has 11 heteroatoms. The summed E-state index contributed by atoms with van der Waals surface area (Å²) >= 11 is 8.98. The Bertz CT molecular complexity index is 1300. The standard InChI is InChI=1S/C24H21BrF3N3O2S.C2H3N/c1-23(2)21(32)30(16-6-5-15(13-29)19(12-16)24(26,27)28)22(34)31(23)17-7-8-20(33-10-9-25)18(11-17)14-3-4-14;1-2-3/h5-8,11-12,14H,3-4,9-10H2,1-2H3;1H3. The first-order valence-corrected chi connectivity index (χ1v) is 12.9. The van der Waals surface area contributed by atoms with Crippen LogP contribution >= 0.6 is 28.1 Å². The Morgan fingerprint density at radius 2 is 1.78 bits per heavy atom. The van der Waals surface area contributed by atoms with E-state index in [2.05, 4.69) is 15.9 Å². The van der Waals surface area contributed by atoms with E-state index >= 15 is 0 Å². The molecule has 1 aliphatic heterocycles. The molecule has 37 heavy (non-hydrogen) atoms. The van der Waals surface area contributed by atoms with Crippen LogP contribution in [0, 0.1) is 22.7 Å². The van der Waals surface area contributed by atoms with E-state index in [-0.39, 0.29) is 10.8 Å². The normalized spacial score (nSPS) is 16.6. The molecular formula is C26H24BrF3N4O2S. The molecule has 2 aromatic carbocycles. The fourth-order valence-corrected chi connectivity index (χ4v) is 4.81. The molecule has 0 unspecified atom stereocenters. The number of nitrogens with zero attached hydrogens (tertiary/aromatic N) is 4. The molecule has 0 spiro atoms. The number of halogens is 4. The van der Waals surface area contributed by atoms with E-state index in [0.29, 0.717) is 23.5 Å². The lowest BCUT2D eigenvalue weighted by Gasteiger charge is -2.30. The van der Waals surface area contributed by atoms with Crippen molar-refractivity contribution in [3.8, 4) is 17.9 Å². The molecule has 194 valence electrons. The van der Waals surface area contributed by atoms with Gasteiger partial charge in [0, 0.05) is 17.9 Å². The van der Waals surface area contributed by atoms with Crippen molar-refractivity contribution in [1.82, 2.24) is 0 Å². The van der Waals surface area contributed by atoms with E-state index in [1.54, 1.807) is 37.0 Å². The number of nitriles is 2. The van der Waals surface area contributed by atoms with E-state index in [1.807, 2.05) is 12.1 Å². The van der Waals surface area contributed by atoms with E-state index in [0.717, 1.165) is 41.2 Å². The third-order valence-corrected chi connectivity index (χ3v) is 6.65. The summed E-state index contributed by atoms with van der Waals surface area (Å²) in [5.74, 6) is 0.686. The Labute approximate surface area is 227 Å². The first-order chi connectivity index (χ1) is 17.4. The van der Waals surface area contributed by atoms with Crippen molar-refractivity contribution in [3.05, 3.63) is 53.1 Å². The number of ether oxygens (including phenoxy) is 1. The number of benzene rings is 2. The fraction of sp³-hybridized carbons (Fsp3) is 0.385. The topological polar surface area (TPSA) is 80.4 Å². The van der Waals surface area contributed by atoms with Gasteiger partial charge in [-0.15, -0.1) is 0 Å². The predicted molar refractivity (Wildman–Crippen MR) is 142 cm³/mol. The van der Waals surface area contributed by atoms with Crippen molar-refractivity contribution in [3.63, 3.8) is 0 Å². The summed E-state index contributed by atoms with van der Waals surface area (Å²) in [5, 5.41) is 17.2. The van der Waals surface area contributed by atoms with Crippen LogP contribution in [-0.4, -0.2) is 28.5 Å². The molecule has 1 amide bonds. The van der Waals surface area contributed by atoms with E-state index in [4.69, 9.17) is 27.5 Å². The van der Waals surface area contributed by atoms with Crippen LogP contribution in [0.5, 0.6) is 5.75 Å². The molecule has 6 nitrogen and oxygen atoms in total. The highest BCUT2D eigenvalue weighted by molar-refractivity contribution is 9.09. The van der Waals surface area contributed by atoms with Gasteiger partial charge in [0.05, 0.1) is 35.6 Å². The Balaban J connectivity index is 0.00000121. The second-order valence-electron chi connectivity index (χ2n) is 8.91. The smallest absolute Gasteiger partial charge is 0.417 e. The van der Waals surface area contributed by atoms with Crippen LogP contribution in [-0.2, 0) is 11.0 Å². The van der Waals surface area contributed by atoms with Crippen LogP contribution in [0.25, 0.3) is 0 Å². The zero-order chi connectivity index (χ0) is 27.5. The summed E-state index contributed by atoms with van der Waals surface area (Å²) in [6, 6.07) is 12.1. The van der Waals surface area contributed by atoms with Crippen molar-refractivity contribution in [2.45, 2.75) is 51.2 Å². The van der Waals surface area contributed by atoms with Crippen LogP contribution in [0.4, 0.5) is 24.5 Å². The molecule has 2 aliphatic rings. The van der Waals surface area contributed by atoms with E-state index < -0.39 is 28.7 Å². The van der Waals surface area contributed by atoms with Gasteiger partial charge in [-0.1, -0.05) is 15.9 Å². The minimum atomic E-state index is -4.75. The highest BCUT2D eigenvalue weighted by atomic mass is 79.9. The van der Waals surface area contributed by atoms with Crippen molar-refractivity contribution in [1.29, 1.82) is 10.5 Å².